The molecule has 2 aromatic heterocycles. The Morgan fingerprint density at radius 1 is 1.43 bits per heavy atom. The average Bonchev–Trinajstić information content (AvgIpc) is 2.87. The van der Waals surface area contributed by atoms with Crippen LogP contribution in [0.15, 0.2) is 17.1 Å². The van der Waals surface area contributed by atoms with Crippen LogP contribution in [-0.4, -0.2) is 44.3 Å². The highest BCUT2D eigenvalue weighted by Crippen LogP contribution is 2.21. The number of ether oxygens (including phenoxy) is 1. The van der Waals surface area contributed by atoms with Crippen LogP contribution >= 0.6 is 0 Å². The number of aryl methyl sites for hydroxylation is 3. The minimum atomic E-state index is -0.161. The summed E-state index contributed by atoms with van der Waals surface area (Å²) in [5, 5.41) is 4.50. The predicted molar refractivity (Wildman–Crippen MR) is 86.2 cm³/mol. The van der Waals surface area contributed by atoms with E-state index in [1.54, 1.807) is 6.92 Å². The first-order chi connectivity index (χ1) is 11.0. The molecule has 2 aromatic rings. The summed E-state index contributed by atoms with van der Waals surface area (Å²) in [7, 11) is 0. The second-order valence-corrected chi connectivity index (χ2v) is 5.95. The van der Waals surface area contributed by atoms with Crippen LogP contribution in [0, 0.1) is 13.8 Å². The van der Waals surface area contributed by atoms with Crippen molar-refractivity contribution in [3.05, 3.63) is 45.4 Å². The molecule has 0 aliphatic carbocycles. The molecule has 0 radical (unpaired) electrons. The molecule has 1 saturated heterocycles. The molecule has 1 N–H and O–H groups in total. The molecular weight excluding hydrogens is 294 g/mol. The number of aromatic amines is 1. The van der Waals surface area contributed by atoms with E-state index in [1.165, 1.54) is 11.6 Å². The zero-order valence-corrected chi connectivity index (χ0v) is 13.9. The molecule has 7 heteroatoms. The highest BCUT2D eigenvalue weighted by atomic mass is 16.5. The summed E-state index contributed by atoms with van der Waals surface area (Å²) in [5.74, 6) is 0.619. The van der Waals surface area contributed by atoms with E-state index in [9.17, 15) is 4.79 Å². The van der Waals surface area contributed by atoms with Crippen LogP contribution in [0.1, 0.15) is 35.8 Å². The normalized spacial score (nSPS) is 19.2. The number of nitrogens with zero attached hydrogens (tertiary/aromatic N) is 4. The lowest BCUT2D eigenvalue weighted by Crippen LogP contribution is -2.38. The van der Waals surface area contributed by atoms with E-state index in [0.717, 1.165) is 31.9 Å². The maximum absolute atomic E-state index is 11.6. The fourth-order valence-corrected chi connectivity index (χ4v) is 2.91. The molecule has 1 aliphatic rings. The van der Waals surface area contributed by atoms with Gasteiger partial charge in [0.15, 0.2) is 0 Å². The first kappa shape index (κ1) is 15.9. The van der Waals surface area contributed by atoms with Gasteiger partial charge in [0.25, 0.3) is 5.56 Å². The maximum Gasteiger partial charge on any atom is 0.251 e. The number of H-pyrrole nitrogens is 1. The van der Waals surface area contributed by atoms with Gasteiger partial charge in [0.05, 0.1) is 18.0 Å². The summed E-state index contributed by atoms with van der Waals surface area (Å²) in [6.07, 6.45) is 1.95. The highest BCUT2D eigenvalue weighted by Gasteiger charge is 2.24. The van der Waals surface area contributed by atoms with Crippen molar-refractivity contribution in [3.8, 4) is 0 Å². The van der Waals surface area contributed by atoms with Crippen molar-refractivity contribution >= 4 is 0 Å². The number of morpholine rings is 1. The summed E-state index contributed by atoms with van der Waals surface area (Å²) < 4.78 is 7.78. The lowest BCUT2D eigenvalue weighted by molar-refractivity contribution is -0.0352. The zero-order chi connectivity index (χ0) is 16.4. The smallest absolute Gasteiger partial charge is 0.251 e. The Bertz CT molecular complexity index is 736. The third-order valence-electron chi connectivity index (χ3n) is 4.13. The van der Waals surface area contributed by atoms with Crippen LogP contribution in [0.2, 0.25) is 0 Å². The van der Waals surface area contributed by atoms with E-state index in [2.05, 4.69) is 33.1 Å². The SMILES string of the molecule is CCn1cc(CN2CCO[C@@H](c3cc(=O)[nH]c(C)n3)C2)c(C)n1. The van der Waals surface area contributed by atoms with Crippen molar-refractivity contribution in [2.45, 2.75) is 40.0 Å². The Labute approximate surface area is 135 Å². The van der Waals surface area contributed by atoms with Crippen LogP contribution in [0.25, 0.3) is 0 Å². The standard InChI is InChI=1S/C16H23N5O2/c1-4-21-9-13(11(2)19-21)8-20-5-6-23-15(10-20)14-7-16(22)18-12(3)17-14/h7,9,15H,4-6,8,10H2,1-3H3,(H,17,18,22)/t15-/m1/s1. The lowest BCUT2D eigenvalue weighted by atomic mass is 10.1. The molecule has 0 saturated carbocycles. The van der Waals surface area contributed by atoms with Gasteiger partial charge in [0, 0.05) is 44.0 Å². The van der Waals surface area contributed by atoms with Crippen molar-refractivity contribution in [1.29, 1.82) is 0 Å². The molecule has 7 nitrogen and oxygen atoms in total. The van der Waals surface area contributed by atoms with E-state index >= 15 is 0 Å². The molecule has 1 atom stereocenters. The summed E-state index contributed by atoms with van der Waals surface area (Å²) >= 11 is 0. The summed E-state index contributed by atoms with van der Waals surface area (Å²) in [6, 6.07) is 1.53. The van der Waals surface area contributed by atoms with Gasteiger partial charge in [-0.1, -0.05) is 0 Å². The molecule has 1 aliphatic heterocycles. The third kappa shape index (κ3) is 3.68. The molecule has 3 heterocycles. The average molecular weight is 317 g/mol. The molecule has 0 unspecified atom stereocenters. The van der Waals surface area contributed by atoms with Crippen molar-refractivity contribution in [3.63, 3.8) is 0 Å². The lowest BCUT2D eigenvalue weighted by Gasteiger charge is -2.32. The summed E-state index contributed by atoms with van der Waals surface area (Å²) in [6.45, 7) is 9.87. The first-order valence-electron chi connectivity index (χ1n) is 8.00. The van der Waals surface area contributed by atoms with Crippen LogP contribution in [0.3, 0.4) is 0 Å². The monoisotopic (exact) mass is 317 g/mol. The molecule has 0 bridgehead atoms. The second kappa shape index (κ2) is 6.64. The highest BCUT2D eigenvalue weighted by molar-refractivity contribution is 5.16. The van der Waals surface area contributed by atoms with Crippen LogP contribution in [0.4, 0.5) is 0 Å². The second-order valence-electron chi connectivity index (χ2n) is 5.95. The number of hydrogen-bond donors (Lipinski definition) is 1. The Balaban J connectivity index is 1.72. The van der Waals surface area contributed by atoms with E-state index < -0.39 is 0 Å². The van der Waals surface area contributed by atoms with Gasteiger partial charge >= 0.3 is 0 Å². The largest absolute Gasteiger partial charge is 0.369 e. The van der Waals surface area contributed by atoms with Crippen molar-refractivity contribution < 1.29 is 4.74 Å². The Hall–Kier alpha value is -1.99. The van der Waals surface area contributed by atoms with Gasteiger partial charge in [-0.15, -0.1) is 0 Å². The fourth-order valence-electron chi connectivity index (χ4n) is 2.91. The van der Waals surface area contributed by atoms with Gasteiger partial charge in [-0.25, -0.2) is 4.98 Å². The van der Waals surface area contributed by atoms with Gasteiger partial charge in [-0.3, -0.25) is 14.4 Å². The van der Waals surface area contributed by atoms with Crippen LogP contribution < -0.4 is 5.56 Å². The summed E-state index contributed by atoms with van der Waals surface area (Å²) in [5.41, 5.74) is 2.88. The predicted octanol–water partition coefficient (Wildman–Crippen LogP) is 1.18. The first-order valence-corrected chi connectivity index (χ1v) is 8.00. The van der Waals surface area contributed by atoms with Crippen molar-refractivity contribution in [2.75, 3.05) is 19.7 Å². The van der Waals surface area contributed by atoms with Gasteiger partial charge in [0.1, 0.15) is 11.9 Å². The van der Waals surface area contributed by atoms with E-state index in [4.69, 9.17) is 4.74 Å². The fraction of sp³-hybridized carbons (Fsp3) is 0.562. The number of aromatic nitrogens is 4. The van der Waals surface area contributed by atoms with Gasteiger partial charge in [-0.05, 0) is 20.8 Å². The van der Waals surface area contributed by atoms with Gasteiger partial charge in [0.2, 0.25) is 0 Å². The molecular formula is C16H23N5O2. The molecule has 1 fully saturated rings. The quantitative estimate of drug-likeness (QED) is 0.916. The van der Waals surface area contributed by atoms with Crippen molar-refractivity contribution in [1.82, 2.24) is 24.6 Å². The topological polar surface area (TPSA) is 76.0 Å². The molecule has 0 spiro atoms. The van der Waals surface area contributed by atoms with Crippen LogP contribution in [0.5, 0.6) is 0 Å². The molecule has 0 amide bonds. The van der Waals surface area contributed by atoms with Gasteiger partial charge in [-0.2, -0.15) is 5.10 Å². The third-order valence-corrected chi connectivity index (χ3v) is 4.13. The summed E-state index contributed by atoms with van der Waals surface area (Å²) in [4.78, 5) is 21.0. The number of hydrogen-bond acceptors (Lipinski definition) is 5. The van der Waals surface area contributed by atoms with Crippen molar-refractivity contribution in [2.24, 2.45) is 0 Å². The van der Waals surface area contributed by atoms with E-state index in [-0.39, 0.29) is 11.7 Å². The van der Waals surface area contributed by atoms with Crippen LogP contribution in [-0.2, 0) is 17.8 Å². The number of nitrogens with one attached hydrogen (secondary N) is 1. The maximum atomic E-state index is 11.6. The minimum absolute atomic E-state index is 0.131. The molecule has 0 aromatic carbocycles. The van der Waals surface area contributed by atoms with E-state index in [1.807, 2.05) is 11.6 Å². The zero-order valence-electron chi connectivity index (χ0n) is 13.9. The minimum Gasteiger partial charge on any atom is -0.369 e. The Morgan fingerprint density at radius 2 is 2.26 bits per heavy atom. The molecule has 124 valence electrons. The Kier molecular flexibility index (Phi) is 4.58. The number of rotatable bonds is 4. The Morgan fingerprint density at radius 3 is 2.96 bits per heavy atom. The van der Waals surface area contributed by atoms with Gasteiger partial charge < -0.3 is 9.72 Å². The molecule has 3 rings (SSSR count). The van der Waals surface area contributed by atoms with E-state index in [0.29, 0.717) is 18.1 Å². The molecule has 23 heavy (non-hydrogen) atoms.